The number of rotatable bonds is 0. The largest absolute Gasteiger partial charge is 0.340 e. The summed E-state index contributed by atoms with van der Waals surface area (Å²) in [5.74, 6) is -0.543. The summed E-state index contributed by atoms with van der Waals surface area (Å²) in [6.07, 6.45) is 0. The van der Waals surface area contributed by atoms with E-state index in [1.54, 1.807) is 184 Å². The maximum Gasteiger partial charge on any atom is 0.328 e. The predicted octanol–water partition coefficient (Wildman–Crippen LogP) is 5.04. The first-order valence-corrected chi connectivity index (χ1v) is 46.5. The topological polar surface area (TPSA) is 375 Å². The van der Waals surface area contributed by atoms with Crippen LogP contribution in [0, 0.1) is 0 Å². The van der Waals surface area contributed by atoms with Crippen molar-refractivity contribution in [2.75, 3.05) is 110 Å². The van der Waals surface area contributed by atoms with Crippen LogP contribution in [0.15, 0.2) is 185 Å². The van der Waals surface area contributed by atoms with Crippen LogP contribution in [0.4, 0.5) is 34.1 Å². The molecule has 2 fully saturated rings. The third-order valence-corrected chi connectivity index (χ3v) is 33.9. The van der Waals surface area contributed by atoms with Gasteiger partial charge in [0.25, 0.3) is 47.3 Å². The Bertz CT molecular complexity index is 7850. The Morgan fingerprint density at radius 3 is 0.508 bits per heavy atom. The molecule has 0 radical (unpaired) electrons. The van der Waals surface area contributed by atoms with Gasteiger partial charge < -0.3 is 66.6 Å². The molecule has 0 saturated carbocycles. The molecule has 37 nitrogen and oxygen atoms in total. The molecule has 0 unspecified atom stereocenters. The number of carbonyl (C=O) groups is 8. The molecule has 670 valence electrons. The number of nitrogens with zero attached hydrogens (tertiary/aromatic N) is 20. The second-order valence-corrected chi connectivity index (χ2v) is 40.3. The van der Waals surface area contributed by atoms with Crippen LogP contribution in [0.25, 0.3) is 66.2 Å². The number of thioether (sulfide) groups is 8. The standard InChI is InChI=1S/C26H22N6O6S2.C24H22N6O4S2.C18H18N4O4S2.C17H18N4O3S2/c1-27-11-7-15-17(9-13(11)29(3)25(37)23(27)35)39-19(21(33)31(15)5)20-22(34)32(6)16-8-12-14(10-18(16)40-20)30(4)26(38)24(36)28(12)2;1-25-15-7-11-13(29(5)23(33)27(11)3)9-17(15)35-19(21(25)31)20-22(32)26(2)16-8-12-14(10-18(16)36-20)30(6)24(34)28(12)4;1-19-5-6-27-13(15(19)23)14-16(24)22(4)11-7-9-10(8-12(11)28-14)21(3)18(26)17(25)20(9)2;1-18-5-6-25-13(15(18)22)14-16(23)19(2)11-7-9-10(8-12(11)26-14)21(4)17(24)20(9)3/h7-10H,1-6H3;7-10H,1-6H3;7-8H,5-6H2,1-4H3;7-8H,5-6H2,1-4H3/b2*20-19+;2*14-13+. The van der Waals surface area contributed by atoms with Gasteiger partial charge >= 0.3 is 50.4 Å². The highest BCUT2D eigenvalue weighted by molar-refractivity contribution is 8.09. The number of aryl methyl sites for hydroxylation is 12. The Morgan fingerprint density at radius 2 is 0.331 bits per heavy atom. The summed E-state index contributed by atoms with van der Waals surface area (Å²) in [6, 6.07) is 21.6. The number of hydrogen-bond donors (Lipinski definition) is 0. The summed E-state index contributed by atoms with van der Waals surface area (Å²) >= 11 is 10.1. The molecule has 14 heterocycles. The zero-order valence-electron chi connectivity index (χ0n) is 73.4. The van der Waals surface area contributed by atoms with Crippen LogP contribution in [-0.4, -0.2) is 193 Å². The summed E-state index contributed by atoms with van der Waals surface area (Å²) in [6.45, 7) is 1.32. The maximum absolute atomic E-state index is 13.6. The van der Waals surface area contributed by atoms with E-state index in [0.717, 1.165) is 93.4 Å². The highest BCUT2D eigenvalue weighted by Gasteiger charge is 2.42. The molecule has 20 rings (SSSR count). The Morgan fingerprint density at radius 1 is 0.185 bits per heavy atom. The highest BCUT2D eigenvalue weighted by Crippen LogP contribution is 2.54. The van der Waals surface area contributed by atoms with Crippen LogP contribution in [0.3, 0.4) is 0 Å². The van der Waals surface area contributed by atoms with Gasteiger partial charge in [0.2, 0.25) is 0 Å². The summed E-state index contributed by atoms with van der Waals surface area (Å²) in [7, 11) is 32.8. The van der Waals surface area contributed by atoms with Crippen LogP contribution >= 0.6 is 94.1 Å². The average Bonchev–Trinajstić information content (AvgIpc) is 1.31. The lowest BCUT2D eigenvalue weighted by Gasteiger charge is -2.32. The number of fused-ring (bicyclic) bond motifs is 12. The molecule has 45 heteroatoms. The first-order valence-electron chi connectivity index (χ1n) is 39.7. The van der Waals surface area contributed by atoms with Crippen molar-refractivity contribution in [3.8, 4) is 0 Å². The maximum atomic E-state index is 13.6. The van der Waals surface area contributed by atoms with E-state index in [9.17, 15) is 81.5 Å². The van der Waals surface area contributed by atoms with Gasteiger partial charge in [0.05, 0.1) is 140 Å². The number of likely N-dealkylation sites (N-methyl/N-ethyl adjacent to an activating group) is 8. The number of aromatic nitrogens is 12. The summed E-state index contributed by atoms with van der Waals surface area (Å²) in [5.41, 5.74) is 7.19. The molecule has 0 atom stereocenters. The van der Waals surface area contributed by atoms with E-state index in [1.165, 1.54) is 158 Å². The molecule has 0 spiro atoms. The Hall–Kier alpha value is -12.5. The highest BCUT2D eigenvalue weighted by atomic mass is 32.2. The molecular formula is C85H80N20O17S8. The van der Waals surface area contributed by atoms with E-state index < -0.39 is 45.2 Å². The van der Waals surface area contributed by atoms with Crippen molar-refractivity contribution in [2.45, 2.75) is 29.4 Å². The minimum Gasteiger partial charge on any atom is -0.340 e. The van der Waals surface area contributed by atoms with Gasteiger partial charge in [0.15, 0.2) is 0 Å². The van der Waals surface area contributed by atoms with Gasteiger partial charge in [-0.3, -0.25) is 94.5 Å². The summed E-state index contributed by atoms with van der Waals surface area (Å²) < 4.78 is 17.1. The van der Waals surface area contributed by atoms with E-state index >= 15 is 0 Å². The van der Waals surface area contributed by atoms with Crippen molar-refractivity contribution < 1.29 is 38.4 Å². The Balaban J connectivity index is 0.000000123. The molecule has 0 bridgehead atoms. The van der Waals surface area contributed by atoms with E-state index in [2.05, 4.69) is 0 Å². The zero-order chi connectivity index (χ0) is 93.8. The predicted molar refractivity (Wildman–Crippen MR) is 512 cm³/mol. The molecule has 6 aromatic heterocycles. The quantitative estimate of drug-likeness (QED) is 0.142. The molecule has 0 N–H and O–H groups in total. The van der Waals surface area contributed by atoms with Crippen LogP contribution < -0.4 is 79.8 Å². The summed E-state index contributed by atoms with van der Waals surface area (Å²) in [5, 5.41) is 0. The van der Waals surface area contributed by atoms with E-state index in [1.807, 2.05) is 36.4 Å². The van der Waals surface area contributed by atoms with Crippen molar-refractivity contribution in [1.82, 2.24) is 64.6 Å². The smallest absolute Gasteiger partial charge is 0.328 e. The third-order valence-electron chi connectivity index (χ3n) is 24.5. The van der Waals surface area contributed by atoms with Crippen molar-refractivity contribution in [1.29, 1.82) is 0 Å². The lowest BCUT2D eigenvalue weighted by molar-refractivity contribution is -0.126. The van der Waals surface area contributed by atoms with Crippen molar-refractivity contribution >= 4 is 242 Å². The lowest BCUT2D eigenvalue weighted by atomic mass is 10.2. The number of imidazole rings is 3. The normalized spacial score (nSPS) is 18.8. The second kappa shape index (κ2) is 32.5. The molecule has 6 aromatic carbocycles. The van der Waals surface area contributed by atoms with Crippen molar-refractivity contribution in [3.05, 3.63) is 206 Å². The minimum absolute atomic E-state index is 0.109. The number of anilines is 6. The number of hydrogen-bond acceptors (Lipinski definition) is 25. The molecule has 0 aliphatic carbocycles. The number of amides is 8. The number of benzene rings is 6. The molecule has 8 aliphatic heterocycles. The molecule has 130 heavy (non-hydrogen) atoms. The zero-order valence-corrected chi connectivity index (χ0v) is 79.9. The van der Waals surface area contributed by atoms with Gasteiger partial charge in [-0.25, -0.2) is 14.4 Å². The van der Waals surface area contributed by atoms with Crippen LogP contribution in [0.5, 0.6) is 0 Å². The van der Waals surface area contributed by atoms with Crippen molar-refractivity contribution in [2.24, 2.45) is 84.6 Å². The summed E-state index contributed by atoms with van der Waals surface area (Å²) in [4.78, 5) is 236. The fraction of sp³-hybridized carbons (Fsp3) is 0.282. The Kier molecular flexibility index (Phi) is 22.4. The SMILES string of the molecule is CN1C(=O)/C(=C2\Sc3cc4c(cc3N(C)C2=O)n(C)c(=O)c(=O)n4C)Sc2cc3c(cc21)n(C)c(=O)c(=O)n3C.CN1C(=O)/C(=C2\Sc3cc4c(cc3N(C)C2=O)n(C)c(=O)n4C)Sc2cc3c(cc21)n(C)c(=O)n3C.CN1CCS/C(=C2/Sc3cc4c(cc3N(C)C2=O)n(C)c(=O)c(=O)n4C)C1=O.CN1CCS/C(=C2/Sc3cc4c(cc3N(C)C2=O)n(C)c(=O)n4C)C1=O. The van der Waals surface area contributed by atoms with E-state index in [4.69, 9.17) is 0 Å². The molecule has 2 saturated heterocycles. The van der Waals surface area contributed by atoms with Gasteiger partial charge in [-0.1, -0.05) is 70.6 Å². The van der Waals surface area contributed by atoms with Crippen LogP contribution in [0.1, 0.15) is 0 Å². The van der Waals surface area contributed by atoms with Gasteiger partial charge in [-0.15, -0.1) is 23.5 Å². The monoisotopic (exact) mass is 1910 g/mol. The average molecular weight is 1910 g/mol. The Labute approximate surface area is 769 Å². The van der Waals surface area contributed by atoms with Crippen molar-refractivity contribution in [3.63, 3.8) is 0 Å². The molecular weight excluding hydrogens is 1830 g/mol. The van der Waals surface area contributed by atoms with E-state index in [0.29, 0.717) is 114 Å². The fourth-order valence-corrected chi connectivity index (χ4v) is 26.1. The van der Waals surface area contributed by atoms with Gasteiger partial charge in [0.1, 0.15) is 0 Å². The second-order valence-electron chi connectivity index (χ2n) is 31.8. The van der Waals surface area contributed by atoms with Gasteiger partial charge in [-0.2, -0.15) is 0 Å². The van der Waals surface area contributed by atoms with Crippen LogP contribution in [0.2, 0.25) is 0 Å². The van der Waals surface area contributed by atoms with E-state index in [-0.39, 0.29) is 62.3 Å². The molecule has 8 amide bonds. The lowest BCUT2D eigenvalue weighted by Crippen LogP contribution is -2.40. The first-order chi connectivity index (χ1) is 61.4. The van der Waals surface area contributed by atoms with Gasteiger partial charge in [-0.05, 0) is 72.8 Å². The molecule has 12 aromatic rings. The fourth-order valence-electron chi connectivity index (χ4n) is 16.3. The third kappa shape index (κ3) is 13.8. The van der Waals surface area contributed by atoms with Crippen LogP contribution in [-0.2, 0) is 123 Å². The first kappa shape index (κ1) is 89.5. The minimum atomic E-state index is -0.675. The molecule has 8 aliphatic rings. The number of carbonyl (C=O) groups excluding carboxylic acids is 8. The van der Waals surface area contributed by atoms with Gasteiger partial charge in [0, 0.05) is 195 Å².